The number of nitrogens with one attached hydrogen (secondary N) is 1. The minimum absolute atomic E-state index is 0.181. The molecule has 110 valence electrons. The fourth-order valence-electron chi connectivity index (χ4n) is 2.99. The van der Waals surface area contributed by atoms with Gasteiger partial charge >= 0.3 is 0 Å². The van der Waals surface area contributed by atoms with E-state index in [0.29, 0.717) is 11.6 Å². The summed E-state index contributed by atoms with van der Waals surface area (Å²) in [5.74, 6) is 1.27. The maximum atomic E-state index is 12.4. The minimum Gasteiger partial charge on any atom is -0.360 e. The van der Waals surface area contributed by atoms with Crippen LogP contribution in [0.25, 0.3) is 0 Å². The molecule has 4 nitrogen and oxygen atoms in total. The number of fused-ring (bicyclic) bond motifs is 1. The van der Waals surface area contributed by atoms with E-state index in [4.69, 9.17) is 4.52 Å². The van der Waals surface area contributed by atoms with E-state index in [1.54, 1.807) is 0 Å². The molecule has 2 aromatic rings. The lowest BCUT2D eigenvalue weighted by molar-refractivity contribution is 0.101. The Balaban J connectivity index is 1.84. The van der Waals surface area contributed by atoms with Crippen molar-refractivity contribution in [1.82, 2.24) is 5.16 Å². The topological polar surface area (TPSA) is 55.1 Å². The summed E-state index contributed by atoms with van der Waals surface area (Å²) in [6.45, 7) is 6.23. The molecular formula is C17H20N2O2. The molecule has 0 saturated carbocycles. The SMILES string of the molecule is Cc1cc(C)cc(NC(=O)c2noc3c2CC(C)CC3)c1. The Morgan fingerprint density at radius 3 is 2.71 bits per heavy atom. The van der Waals surface area contributed by atoms with Crippen molar-refractivity contribution in [3.05, 3.63) is 46.3 Å². The lowest BCUT2D eigenvalue weighted by atomic mass is 9.88. The number of rotatable bonds is 2. The van der Waals surface area contributed by atoms with Crippen molar-refractivity contribution < 1.29 is 9.32 Å². The summed E-state index contributed by atoms with van der Waals surface area (Å²) < 4.78 is 5.33. The van der Waals surface area contributed by atoms with Gasteiger partial charge in [0.1, 0.15) is 5.76 Å². The first-order valence-corrected chi connectivity index (χ1v) is 7.40. The molecule has 1 heterocycles. The predicted molar refractivity (Wildman–Crippen MR) is 81.6 cm³/mol. The molecule has 1 aromatic heterocycles. The number of hydrogen-bond acceptors (Lipinski definition) is 3. The first-order valence-electron chi connectivity index (χ1n) is 7.40. The van der Waals surface area contributed by atoms with Crippen LogP contribution in [0, 0.1) is 19.8 Å². The van der Waals surface area contributed by atoms with Crippen LogP contribution < -0.4 is 5.32 Å². The molecule has 1 N–H and O–H groups in total. The molecule has 21 heavy (non-hydrogen) atoms. The Labute approximate surface area is 124 Å². The number of nitrogens with zero attached hydrogens (tertiary/aromatic N) is 1. The zero-order valence-electron chi connectivity index (χ0n) is 12.7. The predicted octanol–water partition coefficient (Wildman–Crippen LogP) is 3.67. The monoisotopic (exact) mass is 284 g/mol. The zero-order valence-corrected chi connectivity index (χ0v) is 12.7. The molecule has 1 aliphatic rings. The highest BCUT2D eigenvalue weighted by Crippen LogP contribution is 2.28. The van der Waals surface area contributed by atoms with Crippen molar-refractivity contribution in [2.24, 2.45) is 5.92 Å². The fourth-order valence-corrected chi connectivity index (χ4v) is 2.99. The molecule has 1 aromatic carbocycles. The van der Waals surface area contributed by atoms with Crippen LogP contribution in [0.2, 0.25) is 0 Å². The van der Waals surface area contributed by atoms with Gasteiger partial charge in [-0.3, -0.25) is 4.79 Å². The van der Waals surface area contributed by atoms with Crippen molar-refractivity contribution in [1.29, 1.82) is 0 Å². The number of aromatic nitrogens is 1. The molecule has 0 radical (unpaired) electrons. The number of amides is 1. The van der Waals surface area contributed by atoms with Crippen molar-refractivity contribution >= 4 is 11.6 Å². The van der Waals surface area contributed by atoms with Crippen molar-refractivity contribution in [2.45, 2.75) is 40.0 Å². The summed E-state index contributed by atoms with van der Waals surface area (Å²) in [4.78, 5) is 12.4. The third kappa shape index (κ3) is 2.84. The first-order chi connectivity index (χ1) is 10.0. The first kappa shape index (κ1) is 13.9. The molecule has 0 saturated heterocycles. The highest BCUT2D eigenvalue weighted by molar-refractivity contribution is 6.04. The number of carbonyl (C=O) groups excluding carboxylic acids is 1. The van der Waals surface area contributed by atoms with Gasteiger partial charge in [0.2, 0.25) is 0 Å². The molecule has 1 atom stereocenters. The van der Waals surface area contributed by atoms with Gasteiger partial charge in [0.15, 0.2) is 5.69 Å². The molecule has 0 aliphatic heterocycles. The molecule has 1 amide bonds. The van der Waals surface area contributed by atoms with Crippen LogP contribution in [0.3, 0.4) is 0 Å². The Morgan fingerprint density at radius 2 is 2.00 bits per heavy atom. The second-order valence-electron chi connectivity index (χ2n) is 6.11. The molecule has 0 fully saturated rings. The Hall–Kier alpha value is -2.10. The Kier molecular flexibility index (Phi) is 3.53. The largest absolute Gasteiger partial charge is 0.360 e. The van der Waals surface area contributed by atoms with Gasteiger partial charge in [-0.05, 0) is 55.9 Å². The third-order valence-electron chi connectivity index (χ3n) is 3.98. The normalized spacial score (nSPS) is 17.4. The summed E-state index contributed by atoms with van der Waals surface area (Å²) in [7, 11) is 0. The molecule has 1 aliphatic carbocycles. The molecular weight excluding hydrogens is 264 g/mol. The van der Waals surface area contributed by atoms with Crippen LogP contribution in [0.4, 0.5) is 5.69 Å². The lowest BCUT2D eigenvalue weighted by Gasteiger charge is -2.16. The van der Waals surface area contributed by atoms with Gasteiger partial charge in [0.05, 0.1) is 0 Å². The summed E-state index contributed by atoms with van der Waals surface area (Å²) in [5, 5.41) is 6.92. The van der Waals surface area contributed by atoms with Crippen molar-refractivity contribution in [2.75, 3.05) is 5.32 Å². The second-order valence-corrected chi connectivity index (χ2v) is 6.11. The van der Waals surface area contributed by atoms with E-state index in [-0.39, 0.29) is 5.91 Å². The zero-order chi connectivity index (χ0) is 15.0. The molecule has 0 spiro atoms. The summed E-state index contributed by atoms with van der Waals surface area (Å²) in [6.07, 6.45) is 2.84. The van der Waals surface area contributed by atoms with Crippen LogP contribution in [0.15, 0.2) is 22.7 Å². The fraction of sp³-hybridized carbons (Fsp3) is 0.412. The van der Waals surface area contributed by atoms with Gasteiger partial charge < -0.3 is 9.84 Å². The number of carbonyl (C=O) groups is 1. The molecule has 0 bridgehead atoms. The van der Waals surface area contributed by atoms with Gasteiger partial charge in [0, 0.05) is 17.7 Å². The molecule has 3 rings (SSSR count). The van der Waals surface area contributed by atoms with Gasteiger partial charge in [-0.25, -0.2) is 0 Å². The molecule has 1 unspecified atom stereocenters. The van der Waals surface area contributed by atoms with E-state index in [1.165, 1.54) is 0 Å². The van der Waals surface area contributed by atoms with Crippen LogP contribution in [0.1, 0.15) is 46.3 Å². The molecule has 4 heteroatoms. The maximum Gasteiger partial charge on any atom is 0.278 e. The Bertz CT molecular complexity index is 668. The average Bonchev–Trinajstić information content (AvgIpc) is 2.80. The smallest absolute Gasteiger partial charge is 0.278 e. The van der Waals surface area contributed by atoms with Crippen molar-refractivity contribution in [3.8, 4) is 0 Å². The third-order valence-corrected chi connectivity index (χ3v) is 3.98. The van der Waals surface area contributed by atoms with E-state index in [0.717, 1.165) is 47.4 Å². The van der Waals surface area contributed by atoms with Crippen LogP contribution >= 0.6 is 0 Å². The summed E-state index contributed by atoms with van der Waals surface area (Å²) >= 11 is 0. The van der Waals surface area contributed by atoms with Gasteiger partial charge in [-0.2, -0.15) is 0 Å². The maximum absolute atomic E-state index is 12.4. The van der Waals surface area contributed by atoms with E-state index in [1.807, 2.05) is 26.0 Å². The summed E-state index contributed by atoms with van der Waals surface area (Å²) in [6, 6.07) is 6.00. The van der Waals surface area contributed by atoms with Gasteiger partial charge in [0.25, 0.3) is 5.91 Å². The van der Waals surface area contributed by atoms with Gasteiger partial charge in [-0.15, -0.1) is 0 Å². The van der Waals surface area contributed by atoms with E-state index in [2.05, 4.69) is 23.5 Å². The number of hydrogen-bond donors (Lipinski definition) is 1. The number of aryl methyl sites for hydroxylation is 3. The number of anilines is 1. The highest BCUT2D eigenvalue weighted by atomic mass is 16.5. The summed E-state index contributed by atoms with van der Waals surface area (Å²) in [5.41, 5.74) is 4.48. The number of benzene rings is 1. The minimum atomic E-state index is -0.181. The van der Waals surface area contributed by atoms with Crippen LogP contribution in [-0.2, 0) is 12.8 Å². The average molecular weight is 284 g/mol. The highest BCUT2D eigenvalue weighted by Gasteiger charge is 2.26. The lowest BCUT2D eigenvalue weighted by Crippen LogP contribution is -2.18. The van der Waals surface area contributed by atoms with Crippen LogP contribution in [0.5, 0.6) is 0 Å². The second kappa shape index (κ2) is 5.35. The van der Waals surface area contributed by atoms with Crippen LogP contribution in [-0.4, -0.2) is 11.1 Å². The van der Waals surface area contributed by atoms with Crippen molar-refractivity contribution in [3.63, 3.8) is 0 Å². The van der Waals surface area contributed by atoms with E-state index in [9.17, 15) is 4.79 Å². The van der Waals surface area contributed by atoms with E-state index >= 15 is 0 Å². The van der Waals surface area contributed by atoms with Gasteiger partial charge in [-0.1, -0.05) is 18.1 Å². The Morgan fingerprint density at radius 1 is 1.29 bits per heavy atom. The standard InChI is InChI=1S/C17H20N2O2/c1-10-4-5-15-14(9-10)16(19-21-15)17(20)18-13-7-11(2)6-12(3)8-13/h6-8,10H,4-5,9H2,1-3H3,(H,18,20). The van der Waals surface area contributed by atoms with E-state index < -0.39 is 0 Å². The quantitative estimate of drug-likeness (QED) is 0.915.